The molecule has 1 aromatic carbocycles. The largest absolute Gasteiger partial charge is 0.396 e. The lowest BCUT2D eigenvalue weighted by Crippen LogP contribution is -2.69. The number of likely N-dealkylation sites (tertiary alicyclic amines) is 1. The summed E-state index contributed by atoms with van der Waals surface area (Å²) >= 11 is 6.73. The molecule has 2 saturated heterocycles. The highest BCUT2D eigenvalue weighted by atomic mass is 35.5. The van der Waals surface area contributed by atoms with E-state index in [1.807, 2.05) is 29.3 Å². The van der Waals surface area contributed by atoms with Crippen molar-refractivity contribution >= 4 is 34.1 Å². The zero-order valence-corrected chi connectivity index (χ0v) is 20.8. The van der Waals surface area contributed by atoms with Crippen LogP contribution < -0.4 is 5.32 Å². The molecule has 5 fully saturated rings. The number of benzene rings is 1. The Morgan fingerprint density at radius 1 is 1.17 bits per heavy atom. The fourth-order valence-electron chi connectivity index (χ4n) is 6.88. The van der Waals surface area contributed by atoms with Crippen LogP contribution >= 0.6 is 11.6 Å². The van der Waals surface area contributed by atoms with Crippen molar-refractivity contribution in [3.63, 3.8) is 0 Å². The maximum atomic E-state index is 9.53. The smallest absolute Gasteiger partial charge is 0.227 e. The van der Waals surface area contributed by atoms with Gasteiger partial charge in [0.15, 0.2) is 0 Å². The zero-order valence-electron chi connectivity index (χ0n) is 20.0. The molecule has 4 heterocycles. The number of piperidine rings is 1. The second-order valence-corrected chi connectivity index (χ2v) is 12.0. The van der Waals surface area contributed by atoms with Crippen molar-refractivity contribution in [2.45, 2.75) is 56.0 Å². The van der Waals surface area contributed by atoms with Crippen molar-refractivity contribution in [2.24, 2.45) is 5.41 Å². The van der Waals surface area contributed by atoms with Gasteiger partial charge in [-0.25, -0.2) is 9.97 Å². The number of anilines is 2. The molecule has 0 spiro atoms. The summed E-state index contributed by atoms with van der Waals surface area (Å²) in [5.74, 6) is 0.995. The fraction of sp³-hybridized carbons (Fsp3) is 0.577. The fourth-order valence-corrected chi connectivity index (χ4v) is 7.20. The van der Waals surface area contributed by atoms with Crippen molar-refractivity contribution in [1.82, 2.24) is 24.6 Å². The van der Waals surface area contributed by atoms with E-state index in [9.17, 15) is 5.11 Å². The van der Waals surface area contributed by atoms with Crippen LogP contribution in [0.3, 0.4) is 0 Å². The van der Waals surface area contributed by atoms with E-state index in [4.69, 9.17) is 21.3 Å². The van der Waals surface area contributed by atoms with Gasteiger partial charge in [0, 0.05) is 34.8 Å². The predicted octanol–water partition coefficient (Wildman–Crippen LogP) is 4.06. The number of aliphatic hydroxyl groups excluding tert-OH is 1. The third-order valence-corrected chi connectivity index (χ3v) is 9.32. The van der Waals surface area contributed by atoms with Gasteiger partial charge in [-0.15, -0.1) is 0 Å². The number of aromatic nitrogens is 4. The maximum absolute atomic E-state index is 9.53. The number of nitrogens with zero attached hydrogens (tertiary/aromatic N) is 5. The summed E-state index contributed by atoms with van der Waals surface area (Å²) in [7, 11) is 0. The molecule has 0 amide bonds. The molecule has 8 nitrogen and oxygen atoms in total. The normalized spacial score (nSPS) is 29.9. The lowest BCUT2D eigenvalue weighted by molar-refractivity contribution is -0.213. The van der Waals surface area contributed by atoms with Crippen LogP contribution in [-0.4, -0.2) is 68.2 Å². The number of fused-ring (bicyclic) bond motifs is 1. The van der Waals surface area contributed by atoms with E-state index in [-0.39, 0.29) is 23.1 Å². The van der Waals surface area contributed by atoms with Gasteiger partial charge in [0.25, 0.3) is 0 Å². The molecule has 35 heavy (non-hydrogen) atoms. The second-order valence-electron chi connectivity index (χ2n) is 11.6. The van der Waals surface area contributed by atoms with E-state index < -0.39 is 0 Å². The molecule has 5 aliphatic rings. The molecule has 2 bridgehead atoms. The first-order chi connectivity index (χ1) is 16.9. The summed E-state index contributed by atoms with van der Waals surface area (Å²) in [6.45, 7) is 6.40. The molecule has 2 aliphatic heterocycles. The van der Waals surface area contributed by atoms with Gasteiger partial charge in [0.1, 0.15) is 0 Å². The van der Waals surface area contributed by atoms with E-state index in [0.717, 1.165) is 80.0 Å². The molecule has 8 rings (SSSR count). The Kier molecular flexibility index (Phi) is 4.78. The number of hydrogen-bond acceptors (Lipinski definition) is 7. The van der Waals surface area contributed by atoms with Crippen molar-refractivity contribution in [2.75, 3.05) is 38.2 Å². The van der Waals surface area contributed by atoms with E-state index in [1.54, 1.807) is 0 Å². The SMILES string of the molecule is CC1(N2CCC(c3cc4nc(Nc5cnn(C67CC(CO)(C6)C7)c5)ncc4cc3Cl)CC2)COC1. The minimum atomic E-state index is 0.0945. The Morgan fingerprint density at radius 3 is 2.63 bits per heavy atom. The van der Waals surface area contributed by atoms with Crippen molar-refractivity contribution in [1.29, 1.82) is 0 Å². The van der Waals surface area contributed by atoms with Crippen LogP contribution in [0.5, 0.6) is 0 Å². The molecule has 9 heteroatoms. The molecule has 0 radical (unpaired) electrons. The monoisotopic (exact) mass is 494 g/mol. The summed E-state index contributed by atoms with van der Waals surface area (Å²) in [5.41, 5.74) is 3.42. The van der Waals surface area contributed by atoms with Crippen LogP contribution in [0.15, 0.2) is 30.7 Å². The zero-order chi connectivity index (χ0) is 23.8. The Balaban J connectivity index is 1.07. The second kappa shape index (κ2) is 7.62. The van der Waals surface area contributed by atoms with E-state index >= 15 is 0 Å². The number of aliphatic hydroxyl groups is 1. The van der Waals surface area contributed by atoms with Crippen molar-refractivity contribution < 1.29 is 9.84 Å². The summed E-state index contributed by atoms with van der Waals surface area (Å²) in [5, 5.41) is 19.2. The minimum Gasteiger partial charge on any atom is -0.396 e. The average molecular weight is 495 g/mol. The molecule has 0 atom stereocenters. The highest BCUT2D eigenvalue weighted by Crippen LogP contribution is 2.70. The third kappa shape index (κ3) is 3.41. The predicted molar refractivity (Wildman–Crippen MR) is 134 cm³/mol. The van der Waals surface area contributed by atoms with E-state index in [0.29, 0.717) is 11.9 Å². The quantitative estimate of drug-likeness (QED) is 0.534. The van der Waals surface area contributed by atoms with Gasteiger partial charge in [-0.1, -0.05) is 11.6 Å². The third-order valence-electron chi connectivity index (χ3n) is 8.99. The Bertz CT molecular complexity index is 1280. The van der Waals surface area contributed by atoms with Gasteiger partial charge in [-0.3, -0.25) is 9.58 Å². The summed E-state index contributed by atoms with van der Waals surface area (Å²) in [6, 6.07) is 4.15. The van der Waals surface area contributed by atoms with Crippen LogP contribution in [-0.2, 0) is 10.3 Å². The summed E-state index contributed by atoms with van der Waals surface area (Å²) in [4.78, 5) is 11.9. The minimum absolute atomic E-state index is 0.0945. The van der Waals surface area contributed by atoms with Crippen LogP contribution in [0.25, 0.3) is 10.9 Å². The van der Waals surface area contributed by atoms with Gasteiger partial charge in [-0.2, -0.15) is 5.10 Å². The lowest BCUT2D eigenvalue weighted by Gasteiger charge is -2.69. The molecular weight excluding hydrogens is 464 g/mol. The molecule has 3 aliphatic carbocycles. The topological polar surface area (TPSA) is 88.3 Å². The Morgan fingerprint density at radius 2 is 1.94 bits per heavy atom. The Hall–Kier alpha value is -2.26. The molecular formula is C26H31ClN6O2. The van der Waals surface area contributed by atoms with Crippen molar-refractivity contribution in [3.05, 3.63) is 41.3 Å². The molecule has 0 unspecified atom stereocenters. The van der Waals surface area contributed by atoms with Gasteiger partial charge in [0.2, 0.25) is 5.95 Å². The molecule has 2 N–H and O–H groups in total. The average Bonchev–Trinajstić information content (AvgIpc) is 3.24. The molecule has 3 aromatic rings. The number of hydrogen-bond donors (Lipinski definition) is 2. The van der Waals surface area contributed by atoms with Crippen LogP contribution in [0.1, 0.15) is 50.5 Å². The standard InChI is InChI=1S/C26H31ClN6O2/c1-24(15-35-16-24)32-4-2-17(3-5-32)20-7-22-18(6-21(20)27)8-28-23(31-22)30-19-9-29-33(10-19)26-11-25(12-26,13-26)14-34/h6-10,17,34H,2-5,11-16H2,1H3,(H,28,30,31). The highest BCUT2D eigenvalue weighted by Gasteiger charge is 2.69. The number of halogens is 1. The van der Waals surface area contributed by atoms with Crippen LogP contribution in [0.4, 0.5) is 11.6 Å². The highest BCUT2D eigenvalue weighted by molar-refractivity contribution is 6.32. The van der Waals surface area contributed by atoms with Gasteiger partial charge in [0.05, 0.1) is 41.7 Å². The molecule has 2 aromatic heterocycles. The Labute approximate surface area is 209 Å². The van der Waals surface area contributed by atoms with Gasteiger partial charge < -0.3 is 15.2 Å². The van der Waals surface area contributed by atoms with Crippen LogP contribution in [0.2, 0.25) is 5.02 Å². The first-order valence-electron chi connectivity index (χ1n) is 12.6. The van der Waals surface area contributed by atoms with E-state index in [1.165, 1.54) is 5.56 Å². The molecule has 3 saturated carbocycles. The van der Waals surface area contributed by atoms with Gasteiger partial charge in [-0.05, 0) is 75.7 Å². The maximum Gasteiger partial charge on any atom is 0.227 e. The van der Waals surface area contributed by atoms with Gasteiger partial charge >= 0.3 is 0 Å². The number of rotatable bonds is 6. The summed E-state index contributed by atoms with van der Waals surface area (Å²) < 4.78 is 7.51. The molecule has 184 valence electrons. The van der Waals surface area contributed by atoms with Crippen LogP contribution in [0, 0.1) is 5.41 Å². The first kappa shape index (κ1) is 22.0. The van der Waals surface area contributed by atoms with Crippen molar-refractivity contribution in [3.8, 4) is 0 Å². The number of ether oxygens (including phenoxy) is 1. The lowest BCUT2D eigenvalue weighted by atomic mass is 9.40. The first-order valence-corrected chi connectivity index (χ1v) is 13.0. The summed E-state index contributed by atoms with van der Waals surface area (Å²) in [6.07, 6.45) is 10.9. The number of nitrogens with one attached hydrogen (secondary N) is 1. The van der Waals surface area contributed by atoms with E-state index in [2.05, 4.69) is 33.3 Å².